The number of benzene rings is 2. The maximum atomic E-state index is 12.7. The molecule has 0 radical (unpaired) electrons. The molecule has 0 bridgehead atoms. The summed E-state index contributed by atoms with van der Waals surface area (Å²) < 4.78 is 0. The molecular formula is C21H23NO3. The molecular weight excluding hydrogens is 314 g/mol. The van der Waals surface area contributed by atoms with Crippen LogP contribution in [-0.2, 0) is 5.60 Å². The van der Waals surface area contributed by atoms with Crippen LogP contribution >= 0.6 is 0 Å². The molecule has 1 aliphatic rings. The molecule has 1 N–H and O–H groups in total. The summed E-state index contributed by atoms with van der Waals surface area (Å²) >= 11 is 0. The Morgan fingerprint density at radius 1 is 0.840 bits per heavy atom. The van der Waals surface area contributed by atoms with E-state index in [1.807, 2.05) is 12.1 Å². The van der Waals surface area contributed by atoms with Gasteiger partial charge in [-0.05, 0) is 30.5 Å². The van der Waals surface area contributed by atoms with Gasteiger partial charge in [0.2, 0.25) is 17.2 Å². The molecule has 0 saturated carbocycles. The first-order valence-corrected chi connectivity index (χ1v) is 8.80. The van der Waals surface area contributed by atoms with Crippen molar-refractivity contribution in [3.8, 4) is 0 Å². The van der Waals surface area contributed by atoms with Crippen LogP contribution in [0.2, 0.25) is 0 Å². The highest BCUT2D eigenvalue weighted by atomic mass is 16.3. The number of anilines is 1. The number of aliphatic hydroxyl groups is 1. The van der Waals surface area contributed by atoms with Crippen molar-refractivity contribution in [1.29, 1.82) is 0 Å². The zero-order valence-electron chi connectivity index (χ0n) is 14.7. The highest BCUT2D eigenvalue weighted by Gasteiger charge is 2.52. The van der Waals surface area contributed by atoms with Gasteiger partial charge in [-0.15, -0.1) is 0 Å². The lowest BCUT2D eigenvalue weighted by molar-refractivity contribution is 0.0321. The molecule has 0 aromatic heterocycles. The van der Waals surface area contributed by atoms with Crippen LogP contribution in [0, 0.1) is 0 Å². The number of ketones is 2. The van der Waals surface area contributed by atoms with E-state index < -0.39 is 17.2 Å². The Bertz CT molecular complexity index is 754. The molecule has 0 spiro atoms. The Kier molecular flexibility index (Phi) is 4.73. The summed E-state index contributed by atoms with van der Waals surface area (Å²) in [5.41, 5.74) is -0.167. The molecule has 0 heterocycles. The van der Waals surface area contributed by atoms with E-state index in [-0.39, 0.29) is 11.1 Å². The second kappa shape index (κ2) is 6.81. The van der Waals surface area contributed by atoms with Gasteiger partial charge < -0.3 is 10.0 Å². The van der Waals surface area contributed by atoms with E-state index in [4.69, 9.17) is 0 Å². The van der Waals surface area contributed by atoms with E-state index in [2.05, 4.69) is 18.7 Å². The van der Waals surface area contributed by atoms with Gasteiger partial charge in [0.15, 0.2) is 0 Å². The van der Waals surface area contributed by atoms with Gasteiger partial charge in [0.05, 0.1) is 0 Å². The molecule has 4 heteroatoms. The van der Waals surface area contributed by atoms with Crippen molar-refractivity contribution in [1.82, 2.24) is 0 Å². The van der Waals surface area contributed by atoms with E-state index in [0.29, 0.717) is 5.56 Å². The number of fused-ring (bicyclic) bond motifs is 1. The van der Waals surface area contributed by atoms with Crippen LogP contribution in [0.3, 0.4) is 0 Å². The summed E-state index contributed by atoms with van der Waals surface area (Å²) in [6, 6.07) is 13.7. The van der Waals surface area contributed by atoms with Crippen molar-refractivity contribution < 1.29 is 14.7 Å². The van der Waals surface area contributed by atoms with E-state index in [9.17, 15) is 14.7 Å². The number of Topliss-reactive ketones (excluding diaryl/α,β-unsaturated/α-hetero) is 2. The molecule has 3 rings (SSSR count). The molecule has 130 valence electrons. The summed E-state index contributed by atoms with van der Waals surface area (Å²) in [6.07, 6.45) is 2.08. The van der Waals surface area contributed by atoms with E-state index in [1.165, 1.54) is 0 Å². The Morgan fingerprint density at radius 3 is 1.76 bits per heavy atom. The molecule has 4 nitrogen and oxygen atoms in total. The smallest absolute Gasteiger partial charge is 0.216 e. The SMILES string of the molecule is CCCN(CCC)c1ccc(C2(O)C(=O)c3ccccc3C2=O)cc1. The van der Waals surface area contributed by atoms with Crippen molar-refractivity contribution in [2.45, 2.75) is 32.3 Å². The number of hydrogen-bond donors (Lipinski definition) is 1. The van der Waals surface area contributed by atoms with Gasteiger partial charge in [0, 0.05) is 29.9 Å². The van der Waals surface area contributed by atoms with Crippen molar-refractivity contribution in [3.05, 3.63) is 65.2 Å². The third-order valence-electron chi connectivity index (χ3n) is 4.71. The molecule has 0 unspecified atom stereocenters. The highest BCUT2D eigenvalue weighted by Crippen LogP contribution is 2.38. The molecule has 0 fully saturated rings. The third-order valence-corrected chi connectivity index (χ3v) is 4.71. The fraction of sp³-hybridized carbons (Fsp3) is 0.333. The first kappa shape index (κ1) is 17.4. The molecule has 25 heavy (non-hydrogen) atoms. The number of nitrogens with zero attached hydrogens (tertiary/aromatic N) is 1. The van der Waals surface area contributed by atoms with Crippen LogP contribution in [-0.4, -0.2) is 29.8 Å². The van der Waals surface area contributed by atoms with E-state index >= 15 is 0 Å². The van der Waals surface area contributed by atoms with E-state index in [0.717, 1.165) is 31.6 Å². The lowest BCUT2D eigenvalue weighted by Crippen LogP contribution is -2.38. The normalized spacial score (nSPS) is 15.3. The Hall–Kier alpha value is -2.46. The predicted molar refractivity (Wildman–Crippen MR) is 98.2 cm³/mol. The Balaban J connectivity index is 1.95. The third kappa shape index (κ3) is 2.76. The molecule has 0 saturated heterocycles. The van der Waals surface area contributed by atoms with Gasteiger partial charge in [0.25, 0.3) is 0 Å². The zero-order valence-corrected chi connectivity index (χ0v) is 14.7. The average Bonchev–Trinajstić information content (AvgIpc) is 2.84. The van der Waals surface area contributed by atoms with Gasteiger partial charge in [-0.1, -0.05) is 50.2 Å². The topological polar surface area (TPSA) is 57.6 Å². The summed E-state index contributed by atoms with van der Waals surface area (Å²) in [4.78, 5) is 27.6. The Morgan fingerprint density at radius 2 is 1.32 bits per heavy atom. The molecule has 0 aliphatic heterocycles. The summed E-state index contributed by atoms with van der Waals surface area (Å²) in [5, 5.41) is 10.9. The maximum Gasteiger partial charge on any atom is 0.216 e. The van der Waals surface area contributed by atoms with Crippen LogP contribution in [0.5, 0.6) is 0 Å². The van der Waals surface area contributed by atoms with Gasteiger partial charge in [-0.3, -0.25) is 9.59 Å². The van der Waals surface area contributed by atoms with Crippen LogP contribution in [0.15, 0.2) is 48.5 Å². The fourth-order valence-corrected chi connectivity index (χ4v) is 3.46. The molecule has 0 atom stereocenters. The highest BCUT2D eigenvalue weighted by molar-refractivity contribution is 6.31. The second-order valence-electron chi connectivity index (χ2n) is 6.45. The van der Waals surface area contributed by atoms with Crippen molar-refractivity contribution in [2.24, 2.45) is 0 Å². The molecule has 2 aromatic rings. The average molecular weight is 337 g/mol. The Labute approximate surface area is 148 Å². The maximum absolute atomic E-state index is 12.7. The summed E-state index contributed by atoms with van der Waals surface area (Å²) in [6.45, 7) is 6.15. The van der Waals surface area contributed by atoms with Gasteiger partial charge in [-0.2, -0.15) is 0 Å². The van der Waals surface area contributed by atoms with Crippen LogP contribution in [0.4, 0.5) is 5.69 Å². The monoisotopic (exact) mass is 337 g/mol. The number of rotatable bonds is 6. The van der Waals surface area contributed by atoms with Crippen LogP contribution in [0.25, 0.3) is 0 Å². The van der Waals surface area contributed by atoms with Crippen molar-refractivity contribution in [2.75, 3.05) is 18.0 Å². The molecule has 0 amide bonds. The van der Waals surface area contributed by atoms with Crippen molar-refractivity contribution in [3.63, 3.8) is 0 Å². The lowest BCUT2D eigenvalue weighted by atomic mass is 9.88. The van der Waals surface area contributed by atoms with Gasteiger partial charge >= 0.3 is 0 Å². The quantitative estimate of drug-likeness (QED) is 0.819. The number of carbonyl (C=O) groups is 2. The minimum Gasteiger partial charge on any atom is -0.372 e. The van der Waals surface area contributed by atoms with E-state index in [1.54, 1.807) is 36.4 Å². The van der Waals surface area contributed by atoms with Gasteiger partial charge in [-0.25, -0.2) is 0 Å². The van der Waals surface area contributed by atoms with Crippen LogP contribution in [0.1, 0.15) is 53.0 Å². The summed E-state index contributed by atoms with van der Waals surface area (Å²) in [7, 11) is 0. The fourth-order valence-electron chi connectivity index (χ4n) is 3.46. The summed E-state index contributed by atoms with van der Waals surface area (Å²) in [5.74, 6) is -1.08. The zero-order chi connectivity index (χ0) is 18.0. The number of carbonyl (C=O) groups excluding carboxylic acids is 2. The minimum atomic E-state index is -2.11. The largest absolute Gasteiger partial charge is 0.372 e. The van der Waals surface area contributed by atoms with Crippen molar-refractivity contribution >= 4 is 17.3 Å². The predicted octanol–water partition coefficient (Wildman–Crippen LogP) is 3.58. The lowest BCUT2D eigenvalue weighted by Gasteiger charge is -2.25. The number of hydrogen-bond acceptors (Lipinski definition) is 4. The van der Waals surface area contributed by atoms with Crippen LogP contribution < -0.4 is 4.90 Å². The molecule has 1 aliphatic carbocycles. The second-order valence-corrected chi connectivity index (χ2v) is 6.45. The minimum absolute atomic E-state index is 0.290. The first-order valence-electron chi connectivity index (χ1n) is 8.80. The molecule has 2 aromatic carbocycles. The standard InChI is InChI=1S/C21H23NO3/c1-3-13-22(14-4-2)16-11-9-15(10-12-16)21(25)19(23)17-7-5-6-8-18(17)20(21)24/h5-12,25H,3-4,13-14H2,1-2H3. The first-order chi connectivity index (χ1) is 12.0. The van der Waals surface area contributed by atoms with Gasteiger partial charge in [0.1, 0.15) is 0 Å².